The van der Waals surface area contributed by atoms with Crippen molar-refractivity contribution in [2.45, 2.75) is 25.9 Å². The lowest BCUT2D eigenvalue weighted by Gasteiger charge is -2.10. The Morgan fingerprint density at radius 3 is 3.29 bits per heavy atom. The minimum atomic E-state index is 0.345. The predicted molar refractivity (Wildman–Crippen MR) is 54.2 cm³/mol. The Kier molecular flexibility index (Phi) is 2.93. The topological polar surface area (TPSA) is 47.0 Å². The first-order valence-corrected chi connectivity index (χ1v) is 4.99. The van der Waals surface area contributed by atoms with E-state index in [-0.39, 0.29) is 0 Å². The minimum absolute atomic E-state index is 0.345. The molecule has 1 aromatic rings. The zero-order valence-corrected chi connectivity index (χ0v) is 8.36. The van der Waals surface area contributed by atoms with E-state index >= 15 is 0 Å². The molecule has 1 atom stereocenters. The van der Waals surface area contributed by atoms with Crippen LogP contribution in [0, 0.1) is 6.92 Å². The summed E-state index contributed by atoms with van der Waals surface area (Å²) in [4.78, 5) is 0. The molecule has 4 nitrogen and oxygen atoms in total. The van der Waals surface area contributed by atoms with Crippen molar-refractivity contribution in [3.8, 4) is 0 Å². The summed E-state index contributed by atoms with van der Waals surface area (Å²) in [6.07, 6.45) is 4.41. The highest BCUT2D eigenvalue weighted by Gasteiger charge is 2.14. The molecule has 0 saturated carbocycles. The van der Waals surface area contributed by atoms with Crippen LogP contribution < -0.4 is 5.32 Å². The molecule has 0 aliphatic carbocycles. The molecule has 4 heteroatoms. The summed E-state index contributed by atoms with van der Waals surface area (Å²) in [6, 6.07) is 1.99. The molecule has 1 fully saturated rings. The maximum absolute atomic E-state index is 5.49. The third kappa shape index (κ3) is 2.42. The Morgan fingerprint density at radius 2 is 2.57 bits per heavy atom. The lowest BCUT2D eigenvalue weighted by atomic mass is 10.2. The molecule has 1 N–H and O–H groups in total. The molecule has 0 radical (unpaired) electrons. The predicted octanol–water partition coefficient (Wildman–Crippen LogP) is 1.38. The molecule has 0 amide bonds. The fourth-order valence-corrected chi connectivity index (χ4v) is 1.57. The van der Waals surface area contributed by atoms with Gasteiger partial charge in [0.1, 0.15) is 5.82 Å². The van der Waals surface area contributed by atoms with Crippen molar-refractivity contribution in [3.05, 3.63) is 17.8 Å². The Bertz CT molecular complexity index is 297. The standard InChI is InChI=1S/C10H15N3O/c1-8-5-10(13-12-6-8)11-7-9-3-2-4-14-9/h5-6,9H,2-4,7H2,1H3,(H,11,13). The van der Waals surface area contributed by atoms with Gasteiger partial charge in [-0.3, -0.25) is 0 Å². The van der Waals surface area contributed by atoms with E-state index in [0.29, 0.717) is 6.10 Å². The van der Waals surface area contributed by atoms with E-state index in [1.807, 2.05) is 13.0 Å². The van der Waals surface area contributed by atoms with Gasteiger partial charge in [0.25, 0.3) is 0 Å². The van der Waals surface area contributed by atoms with Gasteiger partial charge in [0.2, 0.25) is 0 Å². The highest BCUT2D eigenvalue weighted by molar-refractivity contribution is 5.35. The number of anilines is 1. The van der Waals surface area contributed by atoms with Gasteiger partial charge >= 0.3 is 0 Å². The van der Waals surface area contributed by atoms with Gasteiger partial charge in [-0.15, -0.1) is 5.10 Å². The fraction of sp³-hybridized carbons (Fsp3) is 0.600. The van der Waals surface area contributed by atoms with Crippen molar-refractivity contribution in [1.29, 1.82) is 0 Å². The molecule has 76 valence electrons. The average molecular weight is 193 g/mol. The van der Waals surface area contributed by atoms with Gasteiger partial charge in [0, 0.05) is 13.2 Å². The lowest BCUT2D eigenvalue weighted by molar-refractivity contribution is 0.120. The Morgan fingerprint density at radius 1 is 1.64 bits per heavy atom. The lowest BCUT2D eigenvalue weighted by Crippen LogP contribution is -2.19. The van der Waals surface area contributed by atoms with Crippen LogP contribution in [-0.2, 0) is 4.74 Å². The van der Waals surface area contributed by atoms with Gasteiger partial charge in [0.15, 0.2) is 0 Å². The molecule has 2 heterocycles. The third-order valence-electron chi connectivity index (χ3n) is 2.33. The maximum Gasteiger partial charge on any atom is 0.148 e. The Balaban J connectivity index is 1.85. The van der Waals surface area contributed by atoms with Crippen LogP contribution in [-0.4, -0.2) is 29.5 Å². The minimum Gasteiger partial charge on any atom is -0.376 e. The van der Waals surface area contributed by atoms with E-state index in [9.17, 15) is 0 Å². The molecular weight excluding hydrogens is 178 g/mol. The number of aryl methyl sites for hydroxylation is 1. The average Bonchev–Trinajstić information content (AvgIpc) is 2.67. The summed E-state index contributed by atoms with van der Waals surface area (Å²) in [5.41, 5.74) is 1.12. The quantitative estimate of drug-likeness (QED) is 0.787. The molecular formula is C10H15N3O. The first-order valence-electron chi connectivity index (χ1n) is 4.99. The fourth-order valence-electron chi connectivity index (χ4n) is 1.57. The summed E-state index contributed by atoms with van der Waals surface area (Å²) in [5.74, 6) is 0.834. The summed E-state index contributed by atoms with van der Waals surface area (Å²) in [7, 11) is 0. The van der Waals surface area contributed by atoms with Gasteiger partial charge in [-0.05, 0) is 31.4 Å². The van der Waals surface area contributed by atoms with Crippen LogP contribution in [0.3, 0.4) is 0 Å². The third-order valence-corrected chi connectivity index (χ3v) is 2.33. The van der Waals surface area contributed by atoms with E-state index in [1.165, 1.54) is 6.42 Å². The normalized spacial score (nSPS) is 21.1. The molecule has 0 aromatic carbocycles. The number of ether oxygens (including phenoxy) is 1. The van der Waals surface area contributed by atoms with Crippen molar-refractivity contribution in [3.63, 3.8) is 0 Å². The number of nitrogens with one attached hydrogen (secondary N) is 1. The highest BCUT2D eigenvalue weighted by Crippen LogP contribution is 2.12. The van der Waals surface area contributed by atoms with E-state index < -0.39 is 0 Å². The van der Waals surface area contributed by atoms with Gasteiger partial charge < -0.3 is 10.1 Å². The van der Waals surface area contributed by atoms with E-state index in [0.717, 1.165) is 31.0 Å². The van der Waals surface area contributed by atoms with Gasteiger partial charge in [0.05, 0.1) is 12.3 Å². The van der Waals surface area contributed by atoms with E-state index in [2.05, 4.69) is 15.5 Å². The maximum atomic E-state index is 5.49. The molecule has 14 heavy (non-hydrogen) atoms. The first kappa shape index (κ1) is 9.40. The molecule has 2 rings (SSSR count). The summed E-state index contributed by atoms with van der Waals surface area (Å²) >= 11 is 0. The van der Waals surface area contributed by atoms with Crippen LogP contribution in [0.15, 0.2) is 12.3 Å². The van der Waals surface area contributed by atoms with Crippen LogP contribution >= 0.6 is 0 Å². The monoisotopic (exact) mass is 193 g/mol. The number of rotatable bonds is 3. The number of hydrogen-bond acceptors (Lipinski definition) is 4. The molecule has 1 unspecified atom stereocenters. The van der Waals surface area contributed by atoms with Crippen LogP contribution in [0.5, 0.6) is 0 Å². The van der Waals surface area contributed by atoms with Crippen molar-refractivity contribution < 1.29 is 4.74 Å². The van der Waals surface area contributed by atoms with Crippen molar-refractivity contribution in [2.75, 3.05) is 18.5 Å². The second-order valence-corrected chi connectivity index (χ2v) is 3.63. The second-order valence-electron chi connectivity index (χ2n) is 3.63. The zero-order valence-electron chi connectivity index (χ0n) is 8.36. The van der Waals surface area contributed by atoms with E-state index in [1.54, 1.807) is 6.20 Å². The van der Waals surface area contributed by atoms with E-state index in [4.69, 9.17) is 4.74 Å². The second kappa shape index (κ2) is 4.37. The molecule has 1 saturated heterocycles. The number of hydrogen-bond donors (Lipinski definition) is 1. The molecule has 0 spiro atoms. The Hall–Kier alpha value is -1.16. The number of aromatic nitrogens is 2. The van der Waals surface area contributed by atoms with Crippen LogP contribution in [0.1, 0.15) is 18.4 Å². The van der Waals surface area contributed by atoms with Crippen molar-refractivity contribution >= 4 is 5.82 Å². The zero-order chi connectivity index (χ0) is 9.80. The summed E-state index contributed by atoms with van der Waals surface area (Å²) in [5, 5.41) is 11.1. The molecule has 1 aliphatic rings. The van der Waals surface area contributed by atoms with Crippen molar-refractivity contribution in [2.24, 2.45) is 0 Å². The van der Waals surface area contributed by atoms with Gasteiger partial charge in [-0.1, -0.05) is 0 Å². The van der Waals surface area contributed by atoms with Gasteiger partial charge in [-0.25, -0.2) is 0 Å². The molecule has 0 bridgehead atoms. The van der Waals surface area contributed by atoms with Crippen LogP contribution in [0.4, 0.5) is 5.82 Å². The molecule has 1 aliphatic heterocycles. The SMILES string of the molecule is Cc1cnnc(NCC2CCCO2)c1. The Labute approximate surface area is 83.7 Å². The van der Waals surface area contributed by atoms with Crippen LogP contribution in [0.25, 0.3) is 0 Å². The van der Waals surface area contributed by atoms with Crippen LogP contribution in [0.2, 0.25) is 0 Å². The summed E-state index contributed by atoms with van der Waals surface area (Å²) in [6.45, 7) is 3.73. The number of nitrogens with zero attached hydrogens (tertiary/aromatic N) is 2. The van der Waals surface area contributed by atoms with Crippen molar-refractivity contribution in [1.82, 2.24) is 10.2 Å². The first-order chi connectivity index (χ1) is 6.84. The van der Waals surface area contributed by atoms with Gasteiger partial charge in [-0.2, -0.15) is 5.10 Å². The smallest absolute Gasteiger partial charge is 0.148 e. The highest BCUT2D eigenvalue weighted by atomic mass is 16.5. The summed E-state index contributed by atoms with van der Waals surface area (Å²) < 4.78 is 5.49. The molecule has 1 aromatic heterocycles. The largest absolute Gasteiger partial charge is 0.376 e.